The zero-order valence-corrected chi connectivity index (χ0v) is 13.7. The SMILES string of the molecule is CN(Cc1cnc2ccccc2n1)C(=O)[C@@H]1CCCN(C(N)=O)C1. The quantitative estimate of drug-likeness (QED) is 0.921. The van der Waals surface area contributed by atoms with E-state index in [0.717, 1.165) is 29.6 Å². The summed E-state index contributed by atoms with van der Waals surface area (Å²) in [6.45, 7) is 1.41. The lowest BCUT2D eigenvalue weighted by Crippen LogP contribution is -2.47. The van der Waals surface area contributed by atoms with Crippen LogP contribution in [0.1, 0.15) is 18.5 Å². The number of piperidine rings is 1. The number of aromatic nitrogens is 2. The first kappa shape index (κ1) is 16.2. The molecule has 1 aliphatic rings. The van der Waals surface area contributed by atoms with E-state index in [1.807, 2.05) is 24.3 Å². The molecule has 24 heavy (non-hydrogen) atoms. The molecule has 3 amide bonds. The smallest absolute Gasteiger partial charge is 0.314 e. The van der Waals surface area contributed by atoms with Crippen molar-refractivity contribution >= 4 is 23.0 Å². The number of fused-ring (bicyclic) bond motifs is 1. The van der Waals surface area contributed by atoms with E-state index in [1.165, 1.54) is 4.90 Å². The molecule has 1 aromatic carbocycles. The number of benzene rings is 1. The lowest BCUT2D eigenvalue weighted by Gasteiger charge is -2.32. The molecule has 126 valence electrons. The van der Waals surface area contributed by atoms with Crippen LogP contribution in [0.5, 0.6) is 0 Å². The van der Waals surface area contributed by atoms with Gasteiger partial charge in [-0.1, -0.05) is 12.1 Å². The van der Waals surface area contributed by atoms with Crippen LogP contribution in [0.25, 0.3) is 11.0 Å². The molecule has 7 heteroatoms. The van der Waals surface area contributed by atoms with Crippen molar-refractivity contribution in [1.82, 2.24) is 19.8 Å². The Morgan fingerprint density at radius 2 is 2.08 bits per heavy atom. The molecule has 0 saturated carbocycles. The number of rotatable bonds is 3. The molecule has 0 unspecified atom stereocenters. The topological polar surface area (TPSA) is 92.4 Å². The molecular weight excluding hydrogens is 306 g/mol. The molecule has 3 rings (SSSR count). The number of hydrogen-bond donors (Lipinski definition) is 1. The first-order valence-electron chi connectivity index (χ1n) is 8.04. The molecular formula is C17H21N5O2. The van der Waals surface area contributed by atoms with Gasteiger partial charge in [0.2, 0.25) is 5.91 Å². The van der Waals surface area contributed by atoms with Crippen LogP contribution in [0, 0.1) is 5.92 Å². The van der Waals surface area contributed by atoms with E-state index in [1.54, 1.807) is 18.1 Å². The van der Waals surface area contributed by atoms with Crippen LogP contribution in [0.3, 0.4) is 0 Å². The van der Waals surface area contributed by atoms with E-state index < -0.39 is 6.03 Å². The number of para-hydroxylation sites is 2. The van der Waals surface area contributed by atoms with Crippen LogP contribution in [0.15, 0.2) is 30.5 Å². The molecule has 0 radical (unpaired) electrons. The summed E-state index contributed by atoms with van der Waals surface area (Å²) in [6, 6.07) is 7.17. The highest BCUT2D eigenvalue weighted by Crippen LogP contribution is 2.19. The second kappa shape index (κ2) is 6.82. The van der Waals surface area contributed by atoms with E-state index >= 15 is 0 Å². The zero-order chi connectivity index (χ0) is 17.1. The van der Waals surface area contributed by atoms with Crippen molar-refractivity contribution < 1.29 is 9.59 Å². The summed E-state index contributed by atoms with van der Waals surface area (Å²) >= 11 is 0. The molecule has 2 aromatic rings. The molecule has 0 spiro atoms. The Morgan fingerprint density at radius 1 is 1.33 bits per heavy atom. The summed E-state index contributed by atoms with van der Waals surface area (Å²) < 4.78 is 0. The van der Waals surface area contributed by atoms with Crippen molar-refractivity contribution in [3.8, 4) is 0 Å². The lowest BCUT2D eigenvalue weighted by atomic mass is 9.97. The monoisotopic (exact) mass is 327 g/mol. The molecule has 2 heterocycles. The van der Waals surface area contributed by atoms with Gasteiger partial charge in [0.15, 0.2) is 0 Å². The van der Waals surface area contributed by atoms with Gasteiger partial charge in [-0.15, -0.1) is 0 Å². The molecule has 0 aliphatic carbocycles. The highest BCUT2D eigenvalue weighted by molar-refractivity contribution is 5.80. The summed E-state index contributed by atoms with van der Waals surface area (Å²) in [6.07, 6.45) is 3.27. The number of amides is 3. The van der Waals surface area contributed by atoms with Crippen LogP contribution in [0.4, 0.5) is 4.79 Å². The molecule has 1 saturated heterocycles. The highest BCUT2D eigenvalue weighted by atomic mass is 16.2. The third-order valence-corrected chi connectivity index (χ3v) is 4.36. The van der Waals surface area contributed by atoms with Crippen molar-refractivity contribution in [3.63, 3.8) is 0 Å². The largest absolute Gasteiger partial charge is 0.351 e. The number of carbonyl (C=O) groups is 2. The maximum Gasteiger partial charge on any atom is 0.314 e. The van der Waals surface area contributed by atoms with E-state index in [-0.39, 0.29) is 11.8 Å². The Bertz CT molecular complexity index is 763. The van der Waals surface area contributed by atoms with Gasteiger partial charge in [-0.2, -0.15) is 0 Å². The minimum Gasteiger partial charge on any atom is -0.351 e. The summed E-state index contributed by atoms with van der Waals surface area (Å²) in [5.74, 6) is -0.194. The Morgan fingerprint density at radius 3 is 2.83 bits per heavy atom. The summed E-state index contributed by atoms with van der Waals surface area (Å²) in [5, 5.41) is 0. The number of carbonyl (C=O) groups excluding carboxylic acids is 2. The summed E-state index contributed by atoms with van der Waals surface area (Å²) in [7, 11) is 1.75. The van der Waals surface area contributed by atoms with Gasteiger partial charge >= 0.3 is 6.03 Å². The van der Waals surface area contributed by atoms with Crippen molar-refractivity contribution in [2.75, 3.05) is 20.1 Å². The maximum absolute atomic E-state index is 12.6. The van der Waals surface area contributed by atoms with Gasteiger partial charge in [-0.05, 0) is 25.0 Å². The van der Waals surface area contributed by atoms with Crippen LogP contribution in [-0.2, 0) is 11.3 Å². The zero-order valence-electron chi connectivity index (χ0n) is 13.7. The van der Waals surface area contributed by atoms with Gasteiger partial charge in [0.1, 0.15) is 0 Å². The minimum atomic E-state index is -0.462. The molecule has 2 N–H and O–H groups in total. The number of urea groups is 1. The molecule has 1 aliphatic heterocycles. The van der Waals surface area contributed by atoms with E-state index in [4.69, 9.17) is 5.73 Å². The fourth-order valence-electron chi connectivity index (χ4n) is 3.08. The molecule has 1 aromatic heterocycles. The lowest BCUT2D eigenvalue weighted by molar-refractivity contribution is -0.136. The van der Waals surface area contributed by atoms with E-state index in [9.17, 15) is 9.59 Å². The standard InChI is InChI=1S/C17H21N5O2/c1-21(16(23)12-5-4-8-22(10-12)17(18)24)11-13-9-19-14-6-2-3-7-15(14)20-13/h2-3,6-7,9,12H,4-5,8,10-11H2,1H3,(H2,18,24)/t12-/m1/s1. The van der Waals surface area contributed by atoms with Gasteiger partial charge in [-0.3, -0.25) is 9.78 Å². The number of hydrogen-bond acceptors (Lipinski definition) is 4. The minimum absolute atomic E-state index is 0.0101. The van der Waals surface area contributed by atoms with Gasteiger partial charge in [-0.25, -0.2) is 9.78 Å². The molecule has 1 fully saturated rings. The van der Waals surface area contributed by atoms with E-state index in [2.05, 4.69) is 9.97 Å². The predicted molar refractivity (Wildman–Crippen MR) is 89.9 cm³/mol. The normalized spacial score (nSPS) is 17.7. The summed E-state index contributed by atoms with van der Waals surface area (Å²) in [4.78, 5) is 36.0. The third-order valence-electron chi connectivity index (χ3n) is 4.36. The number of primary amides is 1. The second-order valence-corrected chi connectivity index (χ2v) is 6.17. The fourth-order valence-corrected chi connectivity index (χ4v) is 3.08. The number of nitrogens with zero attached hydrogens (tertiary/aromatic N) is 4. The fraction of sp³-hybridized carbons (Fsp3) is 0.412. The molecule has 0 bridgehead atoms. The summed E-state index contributed by atoms with van der Waals surface area (Å²) in [5.41, 5.74) is 7.71. The predicted octanol–water partition coefficient (Wildman–Crippen LogP) is 1.38. The number of nitrogens with two attached hydrogens (primary N) is 1. The number of likely N-dealkylation sites (tertiary alicyclic amines) is 1. The maximum atomic E-state index is 12.6. The van der Waals surface area contributed by atoms with Crippen molar-refractivity contribution in [2.24, 2.45) is 11.7 Å². The second-order valence-electron chi connectivity index (χ2n) is 6.17. The van der Waals surface area contributed by atoms with Gasteiger partial charge in [0, 0.05) is 20.1 Å². The van der Waals surface area contributed by atoms with Crippen LogP contribution in [-0.4, -0.2) is 51.8 Å². The van der Waals surface area contributed by atoms with Crippen LogP contribution >= 0.6 is 0 Å². The Kier molecular flexibility index (Phi) is 4.59. The molecule has 1 atom stereocenters. The average molecular weight is 327 g/mol. The van der Waals surface area contributed by atoms with Gasteiger partial charge in [0.05, 0.1) is 35.4 Å². The van der Waals surface area contributed by atoms with Crippen molar-refractivity contribution in [1.29, 1.82) is 0 Å². The first-order chi connectivity index (χ1) is 11.5. The molecule has 7 nitrogen and oxygen atoms in total. The van der Waals surface area contributed by atoms with Crippen LogP contribution < -0.4 is 5.73 Å². The highest BCUT2D eigenvalue weighted by Gasteiger charge is 2.29. The Hall–Kier alpha value is -2.70. The van der Waals surface area contributed by atoms with Gasteiger partial charge in [0.25, 0.3) is 0 Å². The first-order valence-corrected chi connectivity index (χ1v) is 8.04. The van der Waals surface area contributed by atoms with Crippen molar-refractivity contribution in [3.05, 3.63) is 36.2 Å². The average Bonchev–Trinajstić information content (AvgIpc) is 2.61. The Labute approximate surface area is 140 Å². The van der Waals surface area contributed by atoms with Crippen LogP contribution in [0.2, 0.25) is 0 Å². The third kappa shape index (κ3) is 3.45. The van der Waals surface area contributed by atoms with Gasteiger partial charge < -0.3 is 15.5 Å². The Balaban J connectivity index is 1.67. The van der Waals surface area contributed by atoms with E-state index in [0.29, 0.717) is 19.6 Å². The van der Waals surface area contributed by atoms with Crippen molar-refractivity contribution in [2.45, 2.75) is 19.4 Å².